The highest BCUT2D eigenvalue weighted by molar-refractivity contribution is 6.08. The Kier molecular flexibility index (Phi) is 7.78. The molecular formula is C26H34FN3O4. The SMILES string of the molecule is CC(C)C[C@H](C(=O)NC[C@H](c1ccc(F)cc1)N1CCOCC1)N1C(=O)[C@@H]2CC=CC[C@H]2C1=O. The van der Waals surface area contributed by atoms with E-state index in [0.717, 1.165) is 5.56 Å². The highest BCUT2D eigenvalue weighted by Crippen LogP contribution is 2.37. The summed E-state index contributed by atoms with van der Waals surface area (Å²) in [5.74, 6) is -1.69. The van der Waals surface area contributed by atoms with Crippen molar-refractivity contribution in [1.29, 1.82) is 0 Å². The van der Waals surface area contributed by atoms with Crippen LogP contribution in [-0.4, -0.2) is 66.4 Å². The molecule has 7 nitrogen and oxygen atoms in total. The first kappa shape index (κ1) is 24.5. The number of halogens is 1. The van der Waals surface area contributed by atoms with Gasteiger partial charge >= 0.3 is 0 Å². The lowest BCUT2D eigenvalue weighted by Crippen LogP contribution is -2.52. The van der Waals surface area contributed by atoms with Crippen LogP contribution in [0.4, 0.5) is 4.39 Å². The third-order valence-electron chi connectivity index (χ3n) is 7.06. The Labute approximate surface area is 200 Å². The Bertz CT molecular complexity index is 900. The quantitative estimate of drug-likeness (QED) is 0.466. The number of nitrogens with one attached hydrogen (secondary N) is 1. The van der Waals surface area contributed by atoms with Crippen LogP contribution in [0.2, 0.25) is 0 Å². The van der Waals surface area contributed by atoms with Gasteiger partial charge in [0.15, 0.2) is 0 Å². The fourth-order valence-corrected chi connectivity index (χ4v) is 5.26. The minimum atomic E-state index is -0.829. The number of allylic oxidation sites excluding steroid dienone is 2. The fourth-order valence-electron chi connectivity index (χ4n) is 5.26. The summed E-state index contributed by atoms with van der Waals surface area (Å²) in [5.41, 5.74) is 0.898. The molecule has 0 radical (unpaired) electrons. The van der Waals surface area contributed by atoms with Crippen LogP contribution in [0.5, 0.6) is 0 Å². The third-order valence-corrected chi connectivity index (χ3v) is 7.06. The van der Waals surface area contributed by atoms with Crippen molar-refractivity contribution in [2.24, 2.45) is 17.8 Å². The average molecular weight is 472 g/mol. The van der Waals surface area contributed by atoms with Gasteiger partial charge in [0.1, 0.15) is 11.9 Å². The van der Waals surface area contributed by atoms with Gasteiger partial charge in [-0.2, -0.15) is 0 Å². The topological polar surface area (TPSA) is 79.0 Å². The Morgan fingerprint density at radius 3 is 2.21 bits per heavy atom. The summed E-state index contributed by atoms with van der Waals surface area (Å²) < 4.78 is 19.0. The van der Waals surface area contributed by atoms with Gasteiger partial charge < -0.3 is 10.1 Å². The predicted molar refractivity (Wildman–Crippen MR) is 125 cm³/mol. The second-order valence-electron chi connectivity index (χ2n) is 9.81. The molecule has 1 aromatic carbocycles. The maximum atomic E-state index is 13.5. The number of rotatable bonds is 8. The van der Waals surface area contributed by atoms with E-state index in [2.05, 4.69) is 10.2 Å². The molecule has 4 atom stereocenters. The summed E-state index contributed by atoms with van der Waals surface area (Å²) in [6, 6.07) is 5.32. The van der Waals surface area contributed by atoms with Crippen LogP contribution in [0.1, 0.15) is 44.7 Å². The van der Waals surface area contributed by atoms with Crippen molar-refractivity contribution >= 4 is 17.7 Å². The van der Waals surface area contributed by atoms with E-state index in [1.54, 1.807) is 12.1 Å². The van der Waals surface area contributed by atoms with E-state index in [4.69, 9.17) is 4.74 Å². The number of morpholine rings is 1. The number of hydrogen-bond acceptors (Lipinski definition) is 5. The highest BCUT2D eigenvalue weighted by Gasteiger charge is 2.51. The molecule has 1 N–H and O–H groups in total. The molecule has 1 aliphatic carbocycles. The first-order valence-electron chi connectivity index (χ1n) is 12.2. The van der Waals surface area contributed by atoms with Gasteiger partial charge in [0, 0.05) is 19.6 Å². The summed E-state index contributed by atoms with van der Waals surface area (Å²) in [7, 11) is 0. The zero-order valence-corrected chi connectivity index (χ0v) is 19.9. The number of imide groups is 1. The molecule has 1 aromatic rings. The zero-order chi connectivity index (χ0) is 24.2. The van der Waals surface area contributed by atoms with Gasteiger partial charge in [0.05, 0.1) is 31.1 Å². The second kappa shape index (κ2) is 10.8. The number of likely N-dealkylation sites (tertiary alicyclic amines) is 1. The summed E-state index contributed by atoms with van der Waals surface area (Å²) in [4.78, 5) is 43.2. The van der Waals surface area contributed by atoms with E-state index in [-0.39, 0.29) is 47.3 Å². The lowest BCUT2D eigenvalue weighted by atomic mass is 9.85. The van der Waals surface area contributed by atoms with Gasteiger partial charge in [-0.3, -0.25) is 24.2 Å². The minimum Gasteiger partial charge on any atom is -0.379 e. The van der Waals surface area contributed by atoms with E-state index >= 15 is 0 Å². The normalized spacial score (nSPS) is 24.9. The molecular weight excluding hydrogens is 437 g/mol. The number of nitrogens with zero attached hydrogens (tertiary/aromatic N) is 2. The van der Waals surface area contributed by atoms with Crippen LogP contribution < -0.4 is 5.32 Å². The van der Waals surface area contributed by atoms with Crippen molar-refractivity contribution in [2.45, 2.75) is 45.2 Å². The van der Waals surface area contributed by atoms with Crippen LogP contribution >= 0.6 is 0 Å². The highest BCUT2D eigenvalue weighted by atomic mass is 19.1. The van der Waals surface area contributed by atoms with E-state index in [1.807, 2.05) is 26.0 Å². The number of fused-ring (bicyclic) bond motifs is 1. The second-order valence-corrected chi connectivity index (χ2v) is 9.81. The van der Waals surface area contributed by atoms with Crippen LogP contribution in [0.25, 0.3) is 0 Å². The lowest BCUT2D eigenvalue weighted by molar-refractivity contribution is -0.148. The van der Waals surface area contributed by atoms with Crippen molar-refractivity contribution in [3.05, 3.63) is 47.8 Å². The Morgan fingerprint density at radius 1 is 1.06 bits per heavy atom. The number of hydrogen-bond donors (Lipinski definition) is 1. The molecule has 3 aliphatic rings. The van der Waals surface area contributed by atoms with Crippen molar-refractivity contribution in [2.75, 3.05) is 32.8 Å². The molecule has 2 heterocycles. The Balaban J connectivity index is 1.51. The van der Waals surface area contributed by atoms with Crippen molar-refractivity contribution in [3.8, 4) is 0 Å². The maximum Gasteiger partial charge on any atom is 0.243 e. The molecule has 0 aromatic heterocycles. The van der Waals surface area contributed by atoms with Gasteiger partial charge in [-0.15, -0.1) is 0 Å². The minimum absolute atomic E-state index is 0.129. The monoisotopic (exact) mass is 471 g/mol. The van der Waals surface area contributed by atoms with E-state index < -0.39 is 6.04 Å². The van der Waals surface area contributed by atoms with Crippen LogP contribution in [0.15, 0.2) is 36.4 Å². The Morgan fingerprint density at radius 2 is 1.65 bits per heavy atom. The zero-order valence-electron chi connectivity index (χ0n) is 19.9. The first-order valence-corrected chi connectivity index (χ1v) is 12.2. The van der Waals surface area contributed by atoms with Crippen LogP contribution in [0.3, 0.4) is 0 Å². The molecule has 3 amide bonds. The van der Waals surface area contributed by atoms with Gasteiger partial charge in [-0.25, -0.2) is 4.39 Å². The van der Waals surface area contributed by atoms with Crippen LogP contribution in [-0.2, 0) is 19.1 Å². The first-order chi connectivity index (χ1) is 16.4. The number of carbonyl (C=O) groups is 3. The van der Waals surface area contributed by atoms with Gasteiger partial charge in [0.2, 0.25) is 17.7 Å². The molecule has 0 unspecified atom stereocenters. The van der Waals surface area contributed by atoms with E-state index in [0.29, 0.717) is 52.1 Å². The summed E-state index contributed by atoms with van der Waals surface area (Å²) in [5, 5.41) is 3.02. The van der Waals surface area contributed by atoms with Crippen molar-refractivity contribution < 1.29 is 23.5 Å². The molecule has 2 aliphatic heterocycles. The third kappa shape index (κ3) is 5.23. The molecule has 184 valence electrons. The summed E-state index contributed by atoms with van der Waals surface area (Å²) >= 11 is 0. The van der Waals surface area contributed by atoms with Crippen LogP contribution in [0, 0.1) is 23.6 Å². The molecule has 0 spiro atoms. The van der Waals surface area contributed by atoms with Gasteiger partial charge in [0.25, 0.3) is 0 Å². The number of ether oxygens (including phenoxy) is 1. The molecule has 2 fully saturated rings. The van der Waals surface area contributed by atoms with Gasteiger partial charge in [-0.1, -0.05) is 38.1 Å². The Hall–Kier alpha value is -2.58. The van der Waals surface area contributed by atoms with Gasteiger partial charge in [-0.05, 0) is 42.9 Å². The number of carbonyl (C=O) groups excluding carboxylic acids is 3. The largest absolute Gasteiger partial charge is 0.379 e. The molecule has 8 heteroatoms. The van der Waals surface area contributed by atoms with E-state index in [9.17, 15) is 18.8 Å². The predicted octanol–water partition coefficient (Wildman–Crippen LogP) is 2.68. The standard InChI is InChI=1S/C26H34FN3O4/c1-17(2)15-22(30-25(32)20-5-3-4-6-21(20)26(30)33)24(31)28-16-23(29-11-13-34-14-12-29)18-7-9-19(27)10-8-18/h3-4,7-10,17,20-23H,5-6,11-16H2,1-2H3,(H,28,31)/t20-,21-,22-,23-/m1/s1. The molecule has 34 heavy (non-hydrogen) atoms. The molecule has 0 saturated carbocycles. The lowest BCUT2D eigenvalue weighted by Gasteiger charge is -2.35. The van der Waals surface area contributed by atoms with Crippen molar-refractivity contribution in [1.82, 2.24) is 15.1 Å². The number of benzene rings is 1. The summed E-state index contributed by atoms with van der Waals surface area (Å²) in [6.45, 7) is 6.84. The molecule has 0 bridgehead atoms. The number of amides is 3. The average Bonchev–Trinajstić information content (AvgIpc) is 3.09. The van der Waals surface area contributed by atoms with Crippen molar-refractivity contribution in [3.63, 3.8) is 0 Å². The molecule has 2 saturated heterocycles. The van der Waals surface area contributed by atoms with E-state index in [1.165, 1.54) is 17.0 Å². The fraction of sp³-hybridized carbons (Fsp3) is 0.577. The smallest absolute Gasteiger partial charge is 0.243 e. The summed E-state index contributed by atoms with van der Waals surface area (Å²) in [6.07, 6.45) is 5.40. The maximum absolute atomic E-state index is 13.5. The molecule has 4 rings (SSSR count).